The van der Waals surface area contributed by atoms with Gasteiger partial charge in [-0.15, -0.1) is 11.3 Å². The Morgan fingerprint density at radius 2 is 1.83 bits per heavy atom. The summed E-state index contributed by atoms with van der Waals surface area (Å²) in [5.41, 5.74) is -1.71. The molecular formula is C20H24F3N3O2S. The summed E-state index contributed by atoms with van der Waals surface area (Å²) in [4.78, 5) is 16.0. The van der Waals surface area contributed by atoms with Gasteiger partial charge in [0, 0.05) is 29.0 Å². The number of carbonyl (C=O) groups is 1. The fraction of sp³-hybridized carbons (Fsp3) is 0.500. The second-order valence-electron chi connectivity index (χ2n) is 7.49. The topological polar surface area (TPSA) is 74.2 Å². The minimum atomic E-state index is -5.03. The van der Waals surface area contributed by atoms with Crippen LogP contribution in [0, 0.1) is 12.8 Å². The second-order valence-corrected chi connectivity index (χ2v) is 8.34. The summed E-state index contributed by atoms with van der Waals surface area (Å²) >= 11 is 0.680. The number of aryl methyl sites for hydroxylation is 1. The molecule has 1 fully saturated rings. The van der Waals surface area contributed by atoms with E-state index in [1.54, 1.807) is 24.3 Å². The van der Waals surface area contributed by atoms with E-state index in [0.29, 0.717) is 28.6 Å². The van der Waals surface area contributed by atoms with Crippen molar-refractivity contribution in [2.75, 3.05) is 17.2 Å². The average Bonchev–Trinajstić information content (AvgIpc) is 3.32. The van der Waals surface area contributed by atoms with Crippen LogP contribution in [0.15, 0.2) is 29.6 Å². The largest absolute Gasteiger partial charge is 0.424 e. The van der Waals surface area contributed by atoms with Gasteiger partial charge < -0.3 is 15.7 Å². The van der Waals surface area contributed by atoms with Gasteiger partial charge in [-0.05, 0) is 49.9 Å². The lowest BCUT2D eigenvalue weighted by Gasteiger charge is -2.27. The van der Waals surface area contributed by atoms with Gasteiger partial charge in [0.1, 0.15) is 5.01 Å². The SMILES string of the molecule is Cc1csc(C(O)(CC(=O)Nc2ccc(NCC3CCCC3)cc2)C(F)(F)F)n1. The van der Waals surface area contributed by atoms with E-state index in [1.165, 1.54) is 38.0 Å². The molecule has 1 atom stereocenters. The molecule has 1 amide bonds. The van der Waals surface area contributed by atoms with Crippen molar-refractivity contribution in [2.45, 2.75) is 50.8 Å². The van der Waals surface area contributed by atoms with Crippen LogP contribution >= 0.6 is 11.3 Å². The minimum absolute atomic E-state index is 0.355. The molecule has 1 aromatic heterocycles. The fourth-order valence-electron chi connectivity index (χ4n) is 3.43. The Labute approximate surface area is 171 Å². The van der Waals surface area contributed by atoms with Gasteiger partial charge in [0.15, 0.2) is 0 Å². The number of anilines is 2. The van der Waals surface area contributed by atoms with Crippen LogP contribution in [-0.2, 0) is 10.4 Å². The normalized spacial score (nSPS) is 17.1. The first-order valence-electron chi connectivity index (χ1n) is 9.53. The predicted octanol–water partition coefficient (Wildman–Crippen LogP) is 4.83. The number of nitrogens with one attached hydrogen (secondary N) is 2. The lowest BCUT2D eigenvalue weighted by molar-refractivity contribution is -0.266. The number of aliphatic hydroxyl groups is 1. The Morgan fingerprint density at radius 1 is 1.21 bits per heavy atom. The van der Waals surface area contributed by atoms with Crippen molar-refractivity contribution in [3.05, 3.63) is 40.3 Å². The number of aromatic nitrogens is 1. The van der Waals surface area contributed by atoms with E-state index in [0.717, 1.165) is 12.2 Å². The molecule has 9 heteroatoms. The number of amides is 1. The number of halogens is 3. The van der Waals surface area contributed by atoms with E-state index in [1.807, 2.05) is 0 Å². The van der Waals surface area contributed by atoms with E-state index in [4.69, 9.17) is 0 Å². The molecule has 1 heterocycles. The third-order valence-corrected chi connectivity index (χ3v) is 6.21. The second kappa shape index (κ2) is 8.71. The Bertz CT molecular complexity index is 832. The molecule has 1 saturated carbocycles. The first-order chi connectivity index (χ1) is 13.7. The molecule has 0 radical (unpaired) electrons. The van der Waals surface area contributed by atoms with Gasteiger partial charge in [-0.1, -0.05) is 12.8 Å². The zero-order chi connectivity index (χ0) is 21.1. The van der Waals surface area contributed by atoms with Gasteiger partial charge in [0.25, 0.3) is 0 Å². The smallest absolute Gasteiger partial charge is 0.385 e. The molecule has 3 N–H and O–H groups in total. The standard InChI is InChI=1S/C20H24F3N3O2S/c1-13-12-29-18(25-13)19(28,20(21,22)23)10-17(27)26-16-8-6-15(7-9-16)24-11-14-4-2-3-5-14/h6-9,12,14,24,28H,2-5,10-11H2,1H3,(H,26,27). The van der Waals surface area contributed by atoms with Crippen molar-refractivity contribution in [1.29, 1.82) is 0 Å². The molecule has 5 nitrogen and oxygen atoms in total. The summed E-state index contributed by atoms with van der Waals surface area (Å²) in [6, 6.07) is 6.78. The van der Waals surface area contributed by atoms with Crippen molar-refractivity contribution in [3.63, 3.8) is 0 Å². The number of carbonyl (C=O) groups excluding carboxylic acids is 1. The van der Waals surface area contributed by atoms with E-state index in [-0.39, 0.29) is 0 Å². The zero-order valence-electron chi connectivity index (χ0n) is 16.1. The average molecular weight is 427 g/mol. The van der Waals surface area contributed by atoms with Gasteiger partial charge in [-0.25, -0.2) is 4.98 Å². The third-order valence-electron chi connectivity index (χ3n) is 5.10. The molecule has 2 aromatic rings. The van der Waals surface area contributed by atoms with Crippen LogP contribution in [0.5, 0.6) is 0 Å². The molecule has 29 heavy (non-hydrogen) atoms. The number of nitrogens with zero attached hydrogens (tertiary/aromatic N) is 1. The number of hydrogen-bond acceptors (Lipinski definition) is 5. The van der Waals surface area contributed by atoms with Crippen LogP contribution in [0.3, 0.4) is 0 Å². The Kier molecular flexibility index (Phi) is 6.48. The van der Waals surface area contributed by atoms with Gasteiger partial charge in [0.2, 0.25) is 11.5 Å². The van der Waals surface area contributed by atoms with Crippen LogP contribution in [-0.4, -0.2) is 28.7 Å². The highest BCUT2D eigenvalue weighted by Gasteiger charge is 2.58. The number of benzene rings is 1. The summed E-state index contributed by atoms with van der Waals surface area (Å²) in [6.45, 7) is 2.41. The summed E-state index contributed by atoms with van der Waals surface area (Å²) in [5.74, 6) is -0.270. The Balaban J connectivity index is 1.61. The number of hydrogen-bond donors (Lipinski definition) is 3. The van der Waals surface area contributed by atoms with Crippen molar-refractivity contribution < 1.29 is 23.1 Å². The maximum absolute atomic E-state index is 13.5. The fourth-order valence-corrected chi connectivity index (χ4v) is 4.34. The Morgan fingerprint density at radius 3 is 2.38 bits per heavy atom. The van der Waals surface area contributed by atoms with Gasteiger partial charge in [-0.2, -0.15) is 13.2 Å². The summed E-state index contributed by atoms with van der Waals surface area (Å²) in [5, 5.41) is 16.9. The molecule has 3 rings (SSSR count). The lowest BCUT2D eigenvalue weighted by atomic mass is 9.99. The molecule has 1 unspecified atom stereocenters. The van der Waals surface area contributed by atoms with Crippen LogP contribution in [0.1, 0.15) is 42.8 Å². The molecule has 1 aromatic carbocycles. The van der Waals surface area contributed by atoms with Crippen molar-refractivity contribution in [1.82, 2.24) is 4.98 Å². The molecular weight excluding hydrogens is 403 g/mol. The third kappa shape index (κ3) is 5.27. The first kappa shape index (κ1) is 21.6. The van der Waals surface area contributed by atoms with Crippen molar-refractivity contribution >= 4 is 28.6 Å². The van der Waals surface area contributed by atoms with Gasteiger partial charge in [0.05, 0.1) is 6.42 Å². The van der Waals surface area contributed by atoms with Crippen LogP contribution in [0.2, 0.25) is 0 Å². The number of rotatable bonds is 7. The summed E-state index contributed by atoms with van der Waals surface area (Å²) < 4.78 is 40.5. The monoisotopic (exact) mass is 427 g/mol. The summed E-state index contributed by atoms with van der Waals surface area (Å²) in [7, 11) is 0. The van der Waals surface area contributed by atoms with Gasteiger partial charge >= 0.3 is 6.18 Å². The first-order valence-corrected chi connectivity index (χ1v) is 10.4. The molecule has 0 bridgehead atoms. The van der Waals surface area contributed by atoms with Crippen LogP contribution < -0.4 is 10.6 Å². The number of alkyl halides is 3. The minimum Gasteiger partial charge on any atom is -0.385 e. The quantitative estimate of drug-likeness (QED) is 0.592. The maximum Gasteiger partial charge on any atom is 0.424 e. The predicted molar refractivity (Wildman–Crippen MR) is 107 cm³/mol. The number of thiazole rings is 1. The highest BCUT2D eigenvalue weighted by molar-refractivity contribution is 7.09. The van der Waals surface area contributed by atoms with E-state index in [9.17, 15) is 23.1 Å². The molecule has 0 saturated heterocycles. The molecule has 158 valence electrons. The van der Waals surface area contributed by atoms with Crippen LogP contribution in [0.25, 0.3) is 0 Å². The molecule has 0 aliphatic heterocycles. The maximum atomic E-state index is 13.5. The summed E-state index contributed by atoms with van der Waals surface area (Å²) in [6.07, 6.45) is -1.21. The van der Waals surface area contributed by atoms with Crippen molar-refractivity contribution in [3.8, 4) is 0 Å². The van der Waals surface area contributed by atoms with E-state index in [2.05, 4.69) is 15.6 Å². The van der Waals surface area contributed by atoms with Crippen LogP contribution in [0.4, 0.5) is 24.5 Å². The lowest BCUT2D eigenvalue weighted by Crippen LogP contribution is -2.45. The molecule has 1 aliphatic rings. The highest BCUT2D eigenvalue weighted by atomic mass is 32.1. The molecule has 0 spiro atoms. The molecule has 1 aliphatic carbocycles. The Hall–Kier alpha value is -2.13. The van der Waals surface area contributed by atoms with Gasteiger partial charge in [-0.3, -0.25) is 4.79 Å². The zero-order valence-corrected chi connectivity index (χ0v) is 16.9. The highest BCUT2D eigenvalue weighted by Crippen LogP contribution is 2.43. The van der Waals surface area contributed by atoms with E-state index < -0.39 is 29.1 Å². The van der Waals surface area contributed by atoms with Crippen molar-refractivity contribution in [2.24, 2.45) is 5.92 Å². The van der Waals surface area contributed by atoms with E-state index >= 15 is 0 Å².